The molecule has 2 aliphatic rings. The number of ether oxygens (including phenoxy) is 1. The molecule has 16 heavy (non-hydrogen) atoms. The fraction of sp³-hybridized carbons (Fsp3) is 0.917. The van der Waals surface area contributed by atoms with E-state index in [0.29, 0.717) is 24.5 Å². The lowest BCUT2D eigenvalue weighted by molar-refractivity contribution is -0.138. The second-order valence-corrected chi connectivity index (χ2v) is 5.16. The standard InChI is InChI=1S/C12H21NO3/c1-9-2-3-11(16-9)8-13-5-4-10(7-13)6-12(14)15/h9-11H,2-8H2,1H3,(H,14,15). The third kappa shape index (κ3) is 3.19. The van der Waals surface area contributed by atoms with E-state index in [9.17, 15) is 4.79 Å². The van der Waals surface area contributed by atoms with Crippen LogP contribution >= 0.6 is 0 Å². The van der Waals surface area contributed by atoms with Crippen LogP contribution in [0.4, 0.5) is 0 Å². The predicted molar refractivity (Wildman–Crippen MR) is 60.4 cm³/mol. The van der Waals surface area contributed by atoms with Crippen LogP contribution in [0.2, 0.25) is 0 Å². The number of carboxylic acids is 1. The Morgan fingerprint density at radius 1 is 1.44 bits per heavy atom. The first kappa shape index (κ1) is 11.9. The van der Waals surface area contributed by atoms with E-state index in [4.69, 9.17) is 9.84 Å². The quantitative estimate of drug-likeness (QED) is 0.787. The summed E-state index contributed by atoms with van der Waals surface area (Å²) in [5, 5.41) is 8.74. The Bertz CT molecular complexity index is 257. The lowest BCUT2D eigenvalue weighted by atomic mass is 10.1. The number of hydrogen-bond donors (Lipinski definition) is 1. The van der Waals surface area contributed by atoms with Crippen molar-refractivity contribution < 1.29 is 14.6 Å². The molecule has 0 aromatic rings. The van der Waals surface area contributed by atoms with E-state index in [1.165, 1.54) is 0 Å². The van der Waals surface area contributed by atoms with Crippen molar-refractivity contribution in [3.05, 3.63) is 0 Å². The largest absolute Gasteiger partial charge is 0.481 e. The minimum Gasteiger partial charge on any atom is -0.481 e. The minimum absolute atomic E-state index is 0.318. The highest BCUT2D eigenvalue weighted by atomic mass is 16.5. The first-order chi connectivity index (χ1) is 7.63. The second kappa shape index (κ2) is 5.15. The van der Waals surface area contributed by atoms with Crippen molar-refractivity contribution in [3.63, 3.8) is 0 Å². The van der Waals surface area contributed by atoms with Crippen LogP contribution in [0.25, 0.3) is 0 Å². The van der Waals surface area contributed by atoms with E-state index in [2.05, 4.69) is 11.8 Å². The van der Waals surface area contributed by atoms with Crippen LogP contribution in [0.3, 0.4) is 0 Å². The lowest BCUT2D eigenvalue weighted by Crippen LogP contribution is -2.31. The van der Waals surface area contributed by atoms with Gasteiger partial charge in [-0.3, -0.25) is 4.79 Å². The Kier molecular flexibility index (Phi) is 3.82. The van der Waals surface area contributed by atoms with Crippen molar-refractivity contribution in [2.75, 3.05) is 19.6 Å². The molecule has 0 amide bonds. The number of likely N-dealkylation sites (tertiary alicyclic amines) is 1. The minimum atomic E-state index is -0.669. The van der Waals surface area contributed by atoms with Crippen molar-refractivity contribution >= 4 is 5.97 Å². The van der Waals surface area contributed by atoms with Gasteiger partial charge in [0, 0.05) is 19.5 Å². The SMILES string of the molecule is CC1CCC(CN2CCC(CC(=O)O)C2)O1. The molecule has 2 fully saturated rings. The number of nitrogens with zero attached hydrogens (tertiary/aromatic N) is 1. The van der Waals surface area contributed by atoms with Crippen molar-refractivity contribution in [1.82, 2.24) is 4.90 Å². The van der Waals surface area contributed by atoms with Gasteiger partial charge < -0.3 is 14.7 Å². The van der Waals surface area contributed by atoms with Gasteiger partial charge in [-0.05, 0) is 38.6 Å². The number of carbonyl (C=O) groups is 1. The molecule has 0 bridgehead atoms. The van der Waals surface area contributed by atoms with Gasteiger partial charge in [0.2, 0.25) is 0 Å². The Labute approximate surface area is 96.6 Å². The monoisotopic (exact) mass is 227 g/mol. The number of aliphatic carboxylic acids is 1. The van der Waals surface area contributed by atoms with E-state index in [1.807, 2.05) is 0 Å². The molecule has 2 rings (SSSR count). The molecule has 0 saturated carbocycles. The molecule has 0 aliphatic carbocycles. The molecule has 1 N–H and O–H groups in total. The second-order valence-electron chi connectivity index (χ2n) is 5.16. The third-order valence-corrected chi connectivity index (χ3v) is 3.62. The molecule has 92 valence electrons. The van der Waals surface area contributed by atoms with E-state index in [0.717, 1.165) is 38.9 Å². The molecule has 0 spiro atoms. The van der Waals surface area contributed by atoms with E-state index >= 15 is 0 Å². The first-order valence-corrected chi connectivity index (χ1v) is 6.23. The summed E-state index contributed by atoms with van der Waals surface area (Å²) in [4.78, 5) is 13.0. The molecular weight excluding hydrogens is 206 g/mol. The summed E-state index contributed by atoms with van der Waals surface area (Å²) in [5.41, 5.74) is 0. The van der Waals surface area contributed by atoms with Crippen LogP contribution in [0.15, 0.2) is 0 Å². The van der Waals surface area contributed by atoms with Crippen LogP contribution in [0.1, 0.15) is 32.6 Å². The van der Waals surface area contributed by atoms with E-state index in [1.54, 1.807) is 0 Å². The summed E-state index contributed by atoms with van der Waals surface area (Å²) >= 11 is 0. The molecule has 4 nitrogen and oxygen atoms in total. The zero-order chi connectivity index (χ0) is 11.5. The van der Waals surface area contributed by atoms with Crippen molar-refractivity contribution in [3.8, 4) is 0 Å². The molecule has 0 aromatic heterocycles. The highest BCUT2D eigenvalue weighted by Crippen LogP contribution is 2.24. The fourth-order valence-corrected chi connectivity index (χ4v) is 2.80. The average molecular weight is 227 g/mol. The Hall–Kier alpha value is -0.610. The molecule has 3 unspecified atom stereocenters. The molecule has 4 heteroatoms. The van der Waals surface area contributed by atoms with Gasteiger partial charge in [0.15, 0.2) is 0 Å². The summed E-state index contributed by atoms with van der Waals surface area (Å²) < 4.78 is 5.78. The highest BCUT2D eigenvalue weighted by molar-refractivity contribution is 5.67. The Balaban J connectivity index is 1.70. The Morgan fingerprint density at radius 2 is 2.25 bits per heavy atom. The predicted octanol–water partition coefficient (Wildman–Crippen LogP) is 1.35. The molecule has 2 heterocycles. The van der Waals surface area contributed by atoms with Crippen molar-refractivity contribution in [2.45, 2.75) is 44.8 Å². The third-order valence-electron chi connectivity index (χ3n) is 3.62. The van der Waals surface area contributed by atoms with E-state index in [-0.39, 0.29) is 0 Å². The van der Waals surface area contributed by atoms with Crippen LogP contribution in [0, 0.1) is 5.92 Å². The average Bonchev–Trinajstić information content (AvgIpc) is 2.76. The maximum absolute atomic E-state index is 10.6. The summed E-state index contributed by atoms with van der Waals surface area (Å²) in [6.45, 7) is 5.07. The first-order valence-electron chi connectivity index (χ1n) is 6.23. The van der Waals surface area contributed by atoms with Crippen LogP contribution in [-0.2, 0) is 9.53 Å². The number of carboxylic acid groups (broad SMARTS) is 1. The van der Waals surface area contributed by atoms with Crippen LogP contribution in [-0.4, -0.2) is 47.8 Å². The van der Waals surface area contributed by atoms with Gasteiger partial charge in [-0.2, -0.15) is 0 Å². The fourth-order valence-electron chi connectivity index (χ4n) is 2.80. The molecule has 2 aliphatic heterocycles. The summed E-state index contributed by atoms with van der Waals surface area (Å²) in [7, 11) is 0. The van der Waals surface area contributed by atoms with Gasteiger partial charge in [0.25, 0.3) is 0 Å². The van der Waals surface area contributed by atoms with Gasteiger partial charge in [-0.1, -0.05) is 0 Å². The van der Waals surface area contributed by atoms with Crippen LogP contribution in [0.5, 0.6) is 0 Å². The maximum atomic E-state index is 10.6. The van der Waals surface area contributed by atoms with E-state index < -0.39 is 5.97 Å². The smallest absolute Gasteiger partial charge is 0.303 e. The van der Waals surface area contributed by atoms with Gasteiger partial charge in [0.05, 0.1) is 12.2 Å². The molecular formula is C12H21NO3. The number of hydrogen-bond acceptors (Lipinski definition) is 3. The molecule has 2 saturated heterocycles. The lowest BCUT2D eigenvalue weighted by Gasteiger charge is -2.20. The summed E-state index contributed by atoms with van der Waals surface area (Å²) in [6, 6.07) is 0. The van der Waals surface area contributed by atoms with Crippen molar-refractivity contribution in [1.29, 1.82) is 0 Å². The molecule has 0 aromatic carbocycles. The van der Waals surface area contributed by atoms with Gasteiger partial charge in [-0.15, -0.1) is 0 Å². The maximum Gasteiger partial charge on any atom is 0.303 e. The van der Waals surface area contributed by atoms with Gasteiger partial charge >= 0.3 is 5.97 Å². The topological polar surface area (TPSA) is 49.8 Å². The zero-order valence-corrected chi connectivity index (χ0v) is 9.89. The van der Waals surface area contributed by atoms with Crippen molar-refractivity contribution in [2.24, 2.45) is 5.92 Å². The summed E-state index contributed by atoms with van der Waals surface area (Å²) in [5.74, 6) is -0.325. The highest BCUT2D eigenvalue weighted by Gasteiger charge is 2.29. The molecule has 0 radical (unpaired) electrons. The number of rotatable bonds is 4. The van der Waals surface area contributed by atoms with Crippen LogP contribution < -0.4 is 0 Å². The normalized spacial score (nSPS) is 35.7. The summed E-state index contributed by atoms with van der Waals surface area (Å²) in [6.07, 6.45) is 4.44. The van der Waals surface area contributed by atoms with Gasteiger partial charge in [0.1, 0.15) is 0 Å². The van der Waals surface area contributed by atoms with Gasteiger partial charge in [-0.25, -0.2) is 0 Å². The zero-order valence-electron chi connectivity index (χ0n) is 9.89. The Morgan fingerprint density at radius 3 is 2.88 bits per heavy atom. The molecule has 3 atom stereocenters.